The Morgan fingerprint density at radius 1 is 1.80 bits per heavy atom. The van der Waals surface area contributed by atoms with Gasteiger partial charge in [-0.2, -0.15) is 0 Å². The van der Waals surface area contributed by atoms with Crippen molar-refractivity contribution in [1.29, 1.82) is 0 Å². The molecule has 0 unspecified atom stereocenters. The normalized spacial score (nSPS) is 6.80. The maximum Gasteiger partial charge on any atom is 0.148 e. The van der Waals surface area contributed by atoms with Crippen LogP contribution in [0.4, 0.5) is 0 Å². The fraction of sp³-hybridized carbons (Fsp3) is 0.500. The predicted molar refractivity (Wildman–Crippen MR) is 27.8 cm³/mol. The van der Waals surface area contributed by atoms with E-state index in [0.29, 0.717) is 0 Å². The van der Waals surface area contributed by atoms with Crippen LogP contribution < -0.4 is 0 Å². The molecule has 0 saturated carbocycles. The van der Waals surface area contributed by atoms with E-state index in [9.17, 15) is 0 Å². The van der Waals surface area contributed by atoms with Gasteiger partial charge >= 0.3 is 0 Å². The second kappa shape index (κ2) is 2.07. The molecular weight excluding hydrogens is 58.9 g/mol. The molecule has 0 nitrogen and oxygen atoms in total. The monoisotopic (exact) mass is 68.1 g/mol. The SMILES string of the molecule is C=C(C)BC. The quantitative estimate of drug-likeness (QED) is 0.402. The lowest BCUT2D eigenvalue weighted by atomic mass is 9.75. The van der Waals surface area contributed by atoms with Gasteiger partial charge in [0, 0.05) is 0 Å². The molecule has 0 rings (SSSR count). The molecule has 0 spiro atoms. The van der Waals surface area contributed by atoms with Crippen molar-refractivity contribution in [2.24, 2.45) is 0 Å². The highest BCUT2D eigenvalue weighted by Gasteiger charge is 1.72. The molecule has 0 aliphatic carbocycles. The number of hydrogen-bond donors (Lipinski definition) is 0. The van der Waals surface area contributed by atoms with Crippen molar-refractivity contribution in [2.75, 3.05) is 0 Å². The average Bonchev–Trinajstić information content (AvgIpc) is 1.38. The third kappa shape index (κ3) is 3.80. The van der Waals surface area contributed by atoms with E-state index in [1.54, 1.807) is 0 Å². The van der Waals surface area contributed by atoms with E-state index < -0.39 is 0 Å². The second-order valence-electron chi connectivity index (χ2n) is 1.31. The molecule has 5 heavy (non-hydrogen) atoms. The standard InChI is InChI=1S/C4H9B/c1-4(2)5-3/h5H,1H2,2-3H3. The third-order valence-electron chi connectivity index (χ3n) is 0.604. The van der Waals surface area contributed by atoms with Gasteiger partial charge in [-0.1, -0.05) is 13.7 Å². The minimum atomic E-state index is 1.11. The van der Waals surface area contributed by atoms with Gasteiger partial charge in [0.15, 0.2) is 0 Å². The largest absolute Gasteiger partial charge is 0.148 e. The highest BCUT2D eigenvalue weighted by Crippen LogP contribution is 1.76. The molecule has 0 heterocycles. The van der Waals surface area contributed by atoms with Crippen LogP contribution in [0.1, 0.15) is 6.92 Å². The van der Waals surface area contributed by atoms with Crippen molar-refractivity contribution in [3.8, 4) is 0 Å². The lowest BCUT2D eigenvalue weighted by Crippen LogP contribution is -1.76. The van der Waals surface area contributed by atoms with Crippen LogP contribution in [0.15, 0.2) is 12.1 Å². The minimum Gasteiger partial charge on any atom is -0.116 e. The number of allylic oxidation sites excluding steroid dienone is 1. The van der Waals surface area contributed by atoms with Gasteiger partial charge < -0.3 is 0 Å². The highest BCUT2D eigenvalue weighted by molar-refractivity contribution is 6.43. The molecule has 1 heteroatoms. The number of hydrogen-bond acceptors (Lipinski definition) is 0. The molecule has 28 valence electrons. The fourth-order valence-electron chi connectivity index (χ4n) is 0. The molecule has 0 aromatic carbocycles. The summed E-state index contributed by atoms with van der Waals surface area (Å²) in [7, 11) is 1.11. The lowest BCUT2D eigenvalue weighted by Gasteiger charge is -1.76. The Balaban J connectivity index is 2.85. The first-order chi connectivity index (χ1) is 2.27. The van der Waals surface area contributed by atoms with Gasteiger partial charge in [-0.3, -0.25) is 0 Å². The summed E-state index contributed by atoms with van der Waals surface area (Å²) in [5, 5.41) is 0. The van der Waals surface area contributed by atoms with Gasteiger partial charge in [-0.25, -0.2) is 0 Å². The van der Waals surface area contributed by atoms with Crippen LogP contribution in [0, 0.1) is 0 Å². The second-order valence-corrected chi connectivity index (χ2v) is 1.31. The van der Waals surface area contributed by atoms with E-state index in [0.717, 1.165) is 7.28 Å². The van der Waals surface area contributed by atoms with Crippen LogP contribution in [-0.2, 0) is 0 Å². The first-order valence-electron chi connectivity index (χ1n) is 1.91. The molecule has 0 aromatic heterocycles. The zero-order chi connectivity index (χ0) is 4.28. The van der Waals surface area contributed by atoms with Crippen LogP contribution in [0.5, 0.6) is 0 Å². The molecule has 0 aliphatic rings. The predicted octanol–water partition coefficient (Wildman–Crippen LogP) is 1.00. The zero-order valence-electron chi connectivity index (χ0n) is 3.91. The molecule has 0 radical (unpaired) electrons. The van der Waals surface area contributed by atoms with E-state index in [1.807, 2.05) is 6.92 Å². The van der Waals surface area contributed by atoms with Gasteiger partial charge in [0.05, 0.1) is 0 Å². The van der Waals surface area contributed by atoms with Gasteiger partial charge in [0.25, 0.3) is 0 Å². The molecule has 0 aromatic rings. The molecule has 0 fully saturated rings. The van der Waals surface area contributed by atoms with Crippen LogP contribution >= 0.6 is 0 Å². The van der Waals surface area contributed by atoms with Gasteiger partial charge in [-0.15, -0.1) is 12.1 Å². The molecule has 0 atom stereocenters. The zero-order valence-corrected chi connectivity index (χ0v) is 3.91. The Labute approximate surface area is 34.1 Å². The maximum atomic E-state index is 3.67. The summed E-state index contributed by atoms with van der Waals surface area (Å²) in [6.07, 6.45) is 0. The summed E-state index contributed by atoms with van der Waals surface area (Å²) >= 11 is 0. The Morgan fingerprint density at radius 2 is 2.00 bits per heavy atom. The first kappa shape index (κ1) is 4.80. The van der Waals surface area contributed by atoms with Gasteiger partial charge in [0.1, 0.15) is 7.28 Å². The Kier molecular flexibility index (Phi) is 1.99. The summed E-state index contributed by atoms with van der Waals surface area (Å²) in [5.41, 5.74) is 1.25. The molecule has 0 bridgehead atoms. The summed E-state index contributed by atoms with van der Waals surface area (Å²) in [4.78, 5) is 0. The summed E-state index contributed by atoms with van der Waals surface area (Å²) < 4.78 is 0. The van der Waals surface area contributed by atoms with E-state index >= 15 is 0 Å². The van der Waals surface area contributed by atoms with E-state index in [4.69, 9.17) is 0 Å². The Morgan fingerprint density at radius 3 is 2.00 bits per heavy atom. The van der Waals surface area contributed by atoms with Crippen molar-refractivity contribution in [2.45, 2.75) is 13.7 Å². The number of rotatable bonds is 1. The fourth-order valence-corrected chi connectivity index (χ4v) is 0. The van der Waals surface area contributed by atoms with Crippen LogP contribution in [0.25, 0.3) is 0 Å². The maximum absolute atomic E-state index is 3.67. The molecular formula is C4H9B. The summed E-state index contributed by atoms with van der Waals surface area (Å²) in [6, 6.07) is 0. The summed E-state index contributed by atoms with van der Waals surface area (Å²) in [5.74, 6) is 0. The van der Waals surface area contributed by atoms with Crippen molar-refractivity contribution >= 4 is 7.28 Å². The van der Waals surface area contributed by atoms with Gasteiger partial charge in [0.2, 0.25) is 0 Å². The molecule has 0 aliphatic heterocycles. The summed E-state index contributed by atoms with van der Waals surface area (Å²) in [6.45, 7) is 7.80. The van der Waals surface area contributed by atoms with Crippen LogP contribution in [0.2, 0.25) is 6.82 Å². The Hall–Kier alpha value is -0.195. The Bertz CT molecular complexity index is 38.9. The lowest BCUT2D eigenvalue weighted by molar-refractivity contribution is 1.69. The first-order valence-corrected chi connectivity index (χ1v) is 1.91. The van der Waals surface area contributed by atoms with Gasteiger partial charge in [-0.05, 0) is 0 Å². The molecule has 0 saturated heterocycles. The van der Waals surface area contributed by atoms with Crippen LogP contribution in [0.3, 0.4) is 0 Å². The third-order valence-corrected chi connectivity index (χ3v) is 0.604. The van der Waals surface area contributed by atoms with Crippen molar-refractivity contribution in [3.63, 3.8) is 0 Å². The highest BCUT2D eigenvalue weighted by atomic mass is 13.5. The van der Waals surface area contributed by atoms with Crippen LogP contribution in [-0.4, -0.2) is 7.28 Å². The topological polar surface area (TPSA) is 0 Å². The van der Waals surface area contributed by atoms with Crippen molar-refractivity contribution < 1.29 is 0 Å². The molecule has 0 amide bonds. The molecule has 0 N–H and O–H groups in total. The van der Waals surface area contributed by atoms with Crippen molar-refractivity contribution in [1.82, 2.24) is 0 Å². The van der Waals surface area contributed by atoms with E-state index in [2.05, 4.69) is 13.4 Å². The minimum absolute atomic E-state index is 1.11. The van der Waals surface area contributed by atoms with Crippen molar-refractivity contribution in [3.05, 3.63) is 12.1 Å². The van der Waals surface area contributed by atoms with E-state index in [1.165, 1.54) is 5.47 Å². The smallest absolute Gasteiger partial charge is 0.116 e. The van der Waals surface area contributed by atoms with E-state index in [-0.39, 0.29) is 0 Å². The average molecular weight is 67.9 g/mol.